The number of nitrogens with zero attached hydrogens (tertiary/aromatic N) is 2. The summed E-state index contributed by atoms with van der Waals surface area (Å²) in [6.07, 6.45) is -1.41. The molecule has 10 heteroatoms. The van der Waals surface area contributed by atoms with Crippen LogP contribution < -0.4 is 14.8 Å². The van der Waals surface area contributed by atoms with Crippen LogP contribution in [0.5, 0.6) is 11.5 Å². The molecule has 2 N–H and O–H groups in total. The molecule has 0 saturated heterocycles. The lowest BCUT2D eigenvalue weighted by atomic mass is 9.81. The van der Waals surface area contributed by atoms with Gasteiger partial charge in [-0.3, -0.25) is 9.78 Å². The van der Waals surface area contributed by atoms with E-state index in [0.717, 1.165) is 0 Å². The Morgan fingerprint density at radius 3 is 2.70 bits per heavy atom. The molecule has 2 aromatic heterocycles. The second-order valence-electron chi connectivity index (χ2n) is 7.48. The Labute approximate surface area is 185 Å². The molecule has 0 unspecified atom stereocenters. The lowest BCUT2D eigenvalue weighted by molar-refractivity contribution is -0.274. The van der Waals surface area contributed by atoms with Crippen LogP contribution in [0, 0.1) is 0 Å². The van der Waals surface area contributed by atoms with E-state index in [1.165, 1.54) is 30.6 Å². The van der Waals surface area contributed by atoms with E-state index in [2.05, 4.69) is 25.0 Å². The second kappa shape index (κ2) is 7.80. The molecule has 7 nitrogen and oxygen atoms in total. The molecule has 1 atom stereocenters. The zero-order chi connectivity index (χ0) is 23.1. The third-order valence-electron chi connectivity index (χ3n) is 5.51. The maximum atomic E-state index is 13.5. The largest absolute Gasteiger partial charge is 0.573 e. The predicted molar refractivity (Wildman–Crippen MR) is 112 cm³/mol. The summed E-state index contributed by atoms with van der Waals surface area (Å²) in [5.74, 6) is -0.276. The van der Waals surface area contributed by atoms with Gasteiger partial charge < -0.3 is 19.8 Å². The molecule has 2 aromatic carbocycles. The Morgan fingerprint density at radius 2 is 1.91 bits per heavy atom. The summed E-state index contributed by atoms with van der Waals surface area (Å²) in [5, 5.41) is 3.07. The first-order valence-electron chi connectivity index (χ1n) is 10.0. The van der Waals surface area contributed by atoms with Crippen molar-refractivity contribution < 1.29 is 27.4 Å². The average molecular weight is 454 g/mol. The van der Waals surface area contributed by atoms with Gasteiger partial charge in [0.05, 0.1) is 24.0 Å². The molecular weight excluding hydrogens is 437 g/mol. The molecule has 0 fully saturated rings. The van der Waals surface area contributed by atoms with Gasteiger partial charge in [-0.15, -0.1) is 13.2 Å². The molecule has 1 amide bonds. The fraction of sp³-hybridized carbons (Fsp3) is 0.174. The van der Waals surface area contributed by atoms with E-state index in [0.29, 0.717) is 40.0 Å². The molecule has 1 aliphatic rings. The molecule has 0 spiro atoms. The number of H-pyrrole nitrogens is 1. The lowest BCUT2D eigenvalue weighted by Crippen LogP contribution is -2.50. The molecule has 0 radical (unpaired) electrons. The van der Waals surface area contributed by atoms with E-state index in [9.17, 15) is 18.0 Å². The molecule has 168 valence electrons. The summed E-state index contributed by atoms with van der Waals surface area (Å²) < 4.78 is 47.6. The Balaban J connectivity index is 1.59. The first-order valence-corrected chi connectivity index (χ1v) is 10.0. The number of alkyl halides is 3. The van der Waals surface area contributed by atoms with Gasteiger partial charge in [0.15, 0.2) is 0 Å². The number of ether oxygens (including phenoxy) is 2. The quantitative estimate of drug-likeness (QED) is 0.480. The summed E-state index contributed by atoms with van der Waals surface area (Å²) in [7, 11) is 0. The van der Waals surface area contributed by atoms with Crippen LogP contribution in [0.4, 0.5) is 13.2 Å². The summed E-state index contributed by atoms with van der Waals surface area (Å²) in [5.41, 5.74) is 1.43. The van der Waals surface area contributed by atoms with Gasteiger partial charge in [-0.1, -0.05) is 18.2 Å². The number of para-hydroxylation sites is 1. The van der Waals surface area contributed by atoms with Crippen LogP contribution >= 0.6 is 0 Å². The van der Waals surface area contributed by atoms with Gasteiger partial charge in [-0.2, -0.15) is 0 Å². The van der Waals surface area contributed by atoms with Gasteiger partial charge in [0.1, 0.15) is 28.2 Å². The van der Waals surface area contributed by atoms with Gasteiger partial charge in [0, 0.05) is 12.6 Å². The van der Waals surface area contributed by atoms with Crippen molar-refractivity contribution in [2.24, 2.45) is 0 Å². The Bertz CT molecular complexity index is 1320. The number of halogens is 3. The predicted octanol–water partition coefficient (Wildman–Crippen LogP) is 4.31. The fourth-order valence-electron chi connectivity index (χ4n) is 4.09. The van der Waals surface area contributed by atoms with E-state index in [1.54, 1.807) is 36.5 Å². The van der Waals surface area contributed by atoms with Crippen LogP contribution in [0.15, 0.2) is 67.1 Å². The van der Waals surface area contributed by atoms with Crippen LogP contribution in [0.3, 0.4) is 0 Å². The Hall–Kier alpha value is -4.08. The highest BCUT2D eigenvalue weighted by molar-refractivity contribution is 6.05. The molecule has 0 saturated carbocycles. The summed E-state index contributed by atoms with van der Waals surface area (Å²) >= 11 is 0. The molecule has 3 heterocycles. The van der Waals surface area contributed by atoms with Crippen molar-refractivity contribution in [1.82, 2.24) is 20.3 Å². The zero-order valence-corrected chi connectivity index (χ0v) is 17.0. The van der Waals surface area contributed by atoms with E-state index in [-0.39, 0.29) is 12.4 Å². The molecule has 0 aliphatic carbocycles. The van der Waals surface area contributed by atoms with Crippen LogP contribution in [0.1, 0.15) is 28.0 Å². The minimum Gasteiger partial charge on any atom is -0.491 e. The number of nitrogens with one attached hydrogen (secondary N) is 2. The van der Waals surface area contributed by atoms with E-state index < -0.39 is 17.8 Å². The number of hydrogen-bond acceptors (Lipinski definition) is 5. The van der Waals surface area contributed by atoms with Crippen molar-refractivity contribution >= 4 is 16.9 Å². The Morgan fingerprint density at radius 1 is 1.09 bits per heavy atom. The van der Waals surface area contributed by atoms with Crippen molar-refractivity contribution in [1.29, 1.82) is 0 Å². The third-order valence-corrected chi connectivity index (χ3v) is 5.51. The van der Waals surface area contributed by atoms with E-state index in [1.807, 2.05) is 0 Å². The number of carbonyl (C=O) groups excluding carboxylic acids is 1. The average Bonchev–Trinajstić information content (AvgIpc) is 3.28. The topological polar surface area (TPSA) is 89.1 Å². The summed E-state index contributed by atoms with van der Waals surface area (Å²) in [6, 6.07) is 14.0. The monoisotopic (exact) mass is 454 g/mol. The minimum absolute atomic E-state index is 0.270. The number of rotatable bonds is 4. The van der Waals surface area contributed by atoms with Crippen LogP contribution in [0.25, 0.3) is 11.0 Å². The number of amides is 1. The highest BCUT2D eigenvalue weighted by atomic mass is 19.4. The Kier molecular flexibility index (Phi) is 4.92. The first kappa shape index (κ1) is 20.8. The number of imidazole rings is 1. The second-order valence-corrected chi connectivity index (χ2v) is 7.48. The number of hydrogen-bond donors (Lipinski definition) is 2. The van der Waals surface area contributed by atoms with Gasteiger partial charge >= 0.3 is 6.36 Å². The lowest BCUT2D eigenvalue weighted by Gasteiger charge is -2.39. The van der Waals surface area contributed by atoms with Gasteiger partial charge in [0.2, 0.25) is 0 Å². The van der Waals surface area contributed by atoms with E-state index in [4.69, 9.17) is 4.74 Å². The molecule has 1 aliphatic heterocycles. The van der Waals surface area contributed by atoms with Crippen molar-refractivity contribution in [3.05, 3.63) is 83.9 Å². The maximum Gasteiger partial charge on any atom is 0.573 e. The number of fused-ring (bicyclic) bond motifs is 2. The highest BCUT2D eigenvalue weighted by Gasteiger charge is 2.43. The standard InChI is InChI=1S/C23H17F3N4O3/c24-23(25,26)33-15-8-6-14(7-9-15)22(10-12-32-18-5-2-11-27-20(18)22)30-21(31)16-3-1-4-17-19(16)29-13-28-17/h1-9,11,13H,10,12H2,(H,28,29)(H,30,31)/t22-/m0/s1. The number of aromatic nitrogens is 3. The third kappa shape index (κ3) is 3.84. The van der Waals surface area contributed by atoms with Crippen molar-refractivity contribution in [2.75, 3.05) is 6.61 Å². The molecule has 4 aromatic rings. The van der Waals surface area contributed by atoms with Crippen LogP contribution in [0.2, 0.25) is 0 Å². The highest BCUT2D eigenvalue weighted by Crippen LogP contribution is 2.41. The number of benzene rings is 2. The molecular formula is C23H17F3N4O3. The van der Waals surface area contributed by atoms with Gasteiger partial charge in [0.25, 0.3) is 5.91 Å². The number of aromatic amines is 1. The maximum absolute atomic E-state index is 13.5. The minimum atomic E-state index is -4.80. The molecule has 5 rings (SSSR count). The van der Waals surface area contributed by atoms with Crippen molar-refractivity contribution in [3.8, 4) is 11.5 Å². The van der Waals surface area contributed by atoms with Gasteiger partial charge in [-0.05, 0) is 42.0 Å². The first-order chi connectivity index (χ1) is 15.9. The summed E-state index contributed by atoms with van der Waals surface area (Å²) in [6.45, 7) is 0.270. The number of carbonyl (C=O) groups is 1. The zero-order valence-electron chi connectivity index (χ0n) is 17.0. The smallest absolute Gasteiger partial charge is 0.491 e. The van der Waals surface area contributed by atoms with Crippen LogP contribution in [-0.4, -0.2) is 33.8 Å². The van der Waals surface area contributed by atoms with Crippen molar-refractivity contribution in [2.45, 2.75) is 18.3 Å². The molecule has 33 heavy (non-hydrogen) atoms. The van der Waals surface area contributed by atoms with Crippen LogP contribution in [-0.2, 0) is 5.54 Å². The summed E-state index contributed by atoms with van der Waals surface area (Å²) in [4.78, 5) is 25.1. The SMILES string of the molecule is O=C(N[C@]1(c2ccc(OC(F)(F)F)cc2)CCOc2cccnc21)c1cccc2[nH]cnc12. The fourth-order valence-corrected chi connectivity index (χ4v) is 4.09. The van der Waals surface area contributed by atoms with Gasteiger partial charge in [-0.25, -0.2) is 4.98 Å². The number of pyridine rings is 1. The normalized spacial score (nSPS) is 17.8. The van der Waals surface area contributed by atoms with Crippen molar-refractivity contribution in [3.63, 3.8) is 0 Å². The van der Waals surface area contributed by atoms with E-state index >= 15 is 0 Å². The molecule has 0 bridgehead atoms.